The number of fused-ring (bicyclic) bond motifs is 4. The number of hydrogen-bond acceptors (Lipinski definition) is 2. The molecule has 0 aliphatic carbocycles. The highest BCUT2D eigenvalue weighted by molar-refractivity contribution is 7.99. The molecule has 0 unspecified atom stereocenters. The van der Waals surface area contributed by atoms with Gasteiger partial charge in [-0.15, -0.1) is 0 Å². The summed E-state index contributed by atoms with van der Waals surface area (Å²) in [5.41, 5.74) is 8.94. The van der Waals surface area contributed by atoms with Crippen molar-refractivity contribution >= 4 is 57.6 Å². The van der Waals surface area contributed by atoms with Crippen molar-refractivity contribution in [3.05, 3.63) is 198 Å². The molecule has 0 radical (unpaired) electrons. The Labute approximate surface area is 307 Å². The molecule has 7 aromatic carbocycles. The maximum Gasteiger partial charge on any atom is 0.180 e. The van der Waals surface area contributed by atoms with Gasteiger partial charge < -0.3 is 4.90 Å². The number of rotatable bonds is 5. The van der Waals surface area contributed by atoms with E-state index in [1.54, 1.807) is 0 Å². The molecular weight excluding hydrogens is 651 g/mol. The molecule has 3 heteroatoms. The van der Waals surface area contributed by atoms with Gasteiger partial charge in [-0.1, -0.05) is 185 Å². The summed E-state index contributed by atoms with van der Waals surface area (Å²) in [5, 5.41) is 5.60. The van der Waals surface area contributed by atoms with E-state index < -0.39 is 8.07 Å². The minimum absolute atomic E-state index is 0.114. The van der Waals surface area contributed by atoms with E-state index in [4.69, 9.17) is 0 Å². The Hall–Kier alpha value is -5.09. The third-order valence-corrected chi connectivity index (χ3v) is 17.7. The van der Waals surface area contributed by atoms with Gasteiger partial charge in [-0.25, -0.2) is 0 Å². The van der Waals surface area contributed by atoms with E-state index in [0.29, 0.717) is 0 Å². The lowest BCUT2D eigenvalue weighted by molar-refractivity contribution is 0.608. The van der Waals surface area contributed by atoms with Crippen LogP contribution in [0.4, 0.5) is 17.1 Å². The molecule has 0 bridgehead atoms. The van der Waals surface area contributed by atoms with Crippen LogP contribution in [0.25, 0.3) is 0 Å². The number of nitrogens with zero attached hydrogens (tertiary/aromatic N) is 1. The van der Waals surface area contributed by atoms with E-state index in [9.17, 15) is 0 Å². The van der Waals surface area contributed by atoms with Crippen LogP contribution < -0.4 is 25.6 Å². The second-order valence-corrected chi connectivity index (χ2v) is 19.8. The zero-order valence-corrected chi connectivity index (χ0v) is 31.4. The van der Waals surface area contributed by atoms with Crippen LogP contribution in [0.1, 0.15) is 49.9 Å². The summed E-state index contributed by atoms with van der Waals surface area (Å²) in [5.74, 6) is 0. The predicted octanol–water partition coefficient (Wildman–Crippen LogP) is 9.96. The van der Waals surface area contributed by atoms with Crippen molar-refractivity contribution in [1.82, 2.24) is 0 Å². The van der Waals surface area contributed by atoms with Crippen LogP contribution in [0.5, 0.6) is 0 Å². The lowest BCUT2D eigenvalue weighted by atomic mass is 9.73. The van der Waals surface area contributed by atoms with Gasteiger partial charge in [0.15, 0.2) is 8.07 Å². The average molecular weight is 692 g/mol. The van der Waals surface area contributed by atoms with E-state index >= 15 is 0 Å². The summed E-state index contributed by atoms with van der Waals surface area (Å²) >= 11 is 1.96. The summed E-state index contributed by atoms with van der Waals surface area (Å²) in [7, 11) is -2.92. The fourth-order valence-corrected chi connectivity index (χ4v) is 15.8. The van der Waals surface area contributed by atoms with Crippen LogP contribution >= 0.6 is 11.8 Å². The quantitative estimate of drug-likeness (QED) is 0.131. The van der Waals surface area contributed by atoms with Crippen molar-refractivity contribution in [3.8, 4) is 0 Å². The van der Waals surface area contributed by atoms with Gasteiger partial charge in [0.05, 0.1) is 11.4 Å². The van der Waals surface area contributed by atoms with Crippen molar-refractivity contribution < 1.29 is 0 Å². The predicted molar refractivity (Wildman–Crippen MR) is 220 cm³/mol. The molecule has 248 valence electrons. The molecule has 0 amide bonds. The molecule has 2 heterocycles. The monoisotopic (exact) mass is 691 g/mol. The van der Waals surface area contributed by atoms with E-state index in [2.05, 4.69) is 209 Å². The van der Waals surface area contributed by atoms with Crippen molar-refractivity contribution in [1.29, 1.82) is 0 Å². The lowest BCUT2D eigenvalue weighted by Gasteiger charge is -2.43. The zero-order valence-electron chi connectivity index (χ0n) is 29.6. The minimum atomic E-state index is -2.92. The number of benzene rings is 7. The molecule has 0 aromatic heterocycles. The van der Waals surface area contributed by atoms with E-state index in [0.717, 1.165) is 0 Å². The second-order valence-electron chi connectivity index (χ2n) is 14.9. The number of hydrogen-bond donors (Lipinski definition) is 0. The summed E-state index contributed by atoms with van der Waals surface area (Å²) in [6.45, 7) is 9.51. The topological polar surface area (TPSA) is 3.24 Å². The molecule has 9 rings (SSSR count). The molecule has 0 saturated heterocycles. The largest absolute Gasteiger partial charge is 0.310 e. The van der Waals surface area contributed by atoms with Crippen LogP contribution in [0.2, 0.25) is 0 Å². The maximum absolute atomic E-state index is 2.92. The van der Waals surface area contributed by atoms with Gasteiger partial charge in [0, 0.05) is 26.3 Å². The first kappa shape index (κ1) is 31.9. The van der Waals surface area contributed by atoms with Gasteiger partial charge in [0.2, 0.25) is 0 Å². The molecule has 51 heavy (non-hydrogen) atoms. The maximum atomic E-state index is 2.52. The highest BCUT2D eigenvalue weighted by Crippen LogP contribution is 2.52. The summed E-state index contributed by atoms with van der Waals surface area (Å²) in [6.07, 6.45) is 0. The molecule has 0 atom stereocenters. The first-order valence-electron chi connectivity index (χ1n) is 17.9. The van der Waals surface area contributed by atoms with Gasteiger partial charge in [0.1, 0.15) is 0 Å². The standard InChI is InChI=1S/C48H41NSSi/c1-47(2)38-25-11-14-29-42(38)49(43-30-15-12-26-39(43)47)34-19-17-24-37(33-34)51(35-20-7-5-8-21-35,36-22-9-6-10-23-36)45-32-18-28-41-46(45)50-44-31-16-13-27-40(44)48(41,3)4/h5-33H,1-4H3. The molecule has 0 spiro atoms. The van der Waals surface area contributed by atoms with Crippen LogP contribution in [0, 0.1) is 0 Å². The van der Waals surface area contributed by atoms with Crippen LogP contribution in [0.3, 0.4) is 0 Å². The first-order valence-corrected chi connectivity index (χ1v) is 20.8. The van der Waals surface area contributed by atoms with Crippen molar-refractivity contribution in [2.45, 2.75) is 48.3 Å². The summed E-state index contributed by atoms with van der Waals surface area (Å²) in [6, 6.07) is 66.3. The van der Waals surface area contributed by atoms with E-state index in [1.807, 2.05) is 11.8 Å². The summed E-state index contributed by atoms with van der Waals surface area (Å²) < 4.78 is 0. The van der Waals surface area contributed by atoms with Gasteiger partial charge in [0.25, 0.3) is 0 Å². The fraction of sp³-hybridized carbons (Fsp3) is 0.125. The summed E-state index contributed by atoms with van der Waals surface area (Å²) in [4.78, 5) is 5.26. The lowest BCUT2D eigenvalue weighted by Crippen LogP contribution is -2.75. The van der Waals surface area contributed by atoms with Crippen molar-refractivity contribution in [2.75, 3.05) is 4.90 Å². The SMILES string of the molecule is CC1(C)c2ccccc2N(c2cccc([Si](c3ccccc3)(c3ccccc3)c3cccc4c3Sc3ccccc3C4(C)C)c2)c2ccccc21. The van der Waals surface area contributed by atoms with E-state index in [-0.39, 0.29) is 10.8 Å². The van der Waals surface area contributed by atoms with Gasteiger partial charge in [-0.05, 0) is 73.3 Å². The van der Waals surface area contributed by atoms with Crippen molar-refractivity contribution in [3.63, 3.8) is 0 Å². The molecular formula is C48H41NSSi. The molecule has 1 nitrogen and oxygen atoms in total. The van der Waals surface area contributed by atoms with Gasteiger partial charge >= 0.3 is 0 Å². The third-order valence-electron chi connectivity index (χ3n) is 11.5. The Morgan fingerprint density at radius 1 is 0.431 bits per heavy atom. The van der Waals surface area contributed by atoms with Crippen LogP contribution in [0.15, 0.2) is 186 Å². The van der Waals surface area contributed by atoms with Crippen molar-refractivity contribution in [2.24, 2.45) is 0 Å². The molecule has 7 aromatic rings. The fourth-order valence-electron chi connectivity index (χ4n) is 8.93. The van der Waals surface area contributed by atoms with Crippen LogP contribution in [-0.2, 0) is 10.8 Å². The molecule has 0 N–H and O–H groups in total. The van der Waals surface area contributed by atoms with Gasteiger partial charge in [-0.2, -0.15) is 0 Å². The smallest absolute Gasteiger partial charge is 0.180 e. The Kier molecular flexibility index (Phi) is 7.50. The molecule has 0 fully saturated rings. The minimum Gasteiger partial charge on any atom is -0.310 e. The second kappa shape index (κ2) is 12.0. The first-order chi connectivity index (χ1) is 24.8. The van der Waals surface area contributed by atoms with Crippen LogP contribution in [-0.4, -0.2) is 8.07 Å². The Morgan fingerprint density at radius 3 is 1.53 bits per heavy atom. The molecule has 2 aliphatic heterocycles. The average Bonchev–Trinajstić information content (AvgIpc) is 3.17. The Balaban J connectivity index is 1.36. The Bertz CT molecular complexity index is 2320. The van der Waals surface area contributed by atoms with E-state index in [1.165, 1.54) is 69.9 Å². The zero-order chi connectivity index (χ0) is 34.8. The number of para-hydroxylation sites is 2. The van der Waals surface area contributed by atoms with Gasteiger partial charge in [-0.3, -0.25) is 0 Å². The molecule has 2 aliphatic rings. The highest BCUT2D eigenvalue weighted by Gasteiger charge is 2.46. The number of anilines is 3. The normalized spacial score (nSPS) is 15.3. The Morgan fingerprint density at radius 2 is 0.902 bits per heavy atom. The third kappa shape index (κ3) is 4.75. The molecule has 0 saturated carbocycles. The highest BCUT2D eigenvalue weighted by atomic mass is 32.2.